The van der Waals surface area contributed by atoms with Crippen molar-refractivity contribution in [1.82, 2.24) is 15.0 Å². The third kappa shape index (κ3) is 2.33. The Morgan fingerprint density at radius 3 is 2.90 bits per heavy atom. The Kier molecular flexibility index (Phi) is 3.08. The summed E-state index contributed by atoms with van der Waals surface area (Å²) in [5.74, 6) is -0.266. The first-order valence-corrected chi connectivity index (χ1v) is 6.78. The first-order chi connectivity index (χ1) is 9.63. The van der Waals surface area contributed by atoms with Crippen LogP contribution >= 0.6 is 11.3 Å². The molecule has 0 spiro atoms. The molecule has 2 aromatic heterocycles. The molecule has 6 heteroatoms. The van der Waals surface area contributed by atoms with Gasteiger partial charge in [0, 0.05) is 6.08 Å². The summed E-state index contributed by atoms with van der Waals surface area (Å²) in [6, 6.07) is 7.76. The Balaban J connectivity index is 2.02. The average molecular weight is 285 g/mol. The van der Waals surface area contributed by atoms with Crippen LogP contribution < -0.4 is 0 Å². The Morgan fingerprint density at radius 2 is 2.15 bits per heavy atom. The zero-order chi connectivity index (χ0) is 14.1. The Hall–Kier alpha value is -2.47. The number of carboxylic acid groups (broad SMARTS) is 1. The fraction of sp³-hybridized carbons (Fsp3) is 0.0714. The lowest BCUT2D eigenvalue weighted by Gasteiger charge is -1.85. The zero-order valence-corrected chi connectivity index (χ0v) is 11.4. The number of thiazole rings is 1. The van der Waals surface area contributed by atoms with E-state index in [0.29, 0.717) is 5.82 Å². The number of carboxylic acids is 1. The molecule has 0 saturated carbocycles. The molecule has 0 aliphatic rings. The van der Waals surface area contributed by atoms with E-state index in [1.54, 1.807) is 6.08 Å². The van der Waals surface area contributed by atoms with Crippen molar-refractivity contribution < 1.29 is 9.90 Å². The Labute approximate surface area is 118 Å². The molecule has 2 heterocycles. The lowest BCUT2D eigenvalue weighted by Crippen LogP contribution is -1.85. The van der Waals surface area contributed by atoms with Crippen LogP contribution in [0.1, 0.15) is 10.6 Å². The molecule has 0 bridgehead atoms. The summed E-state index contributed by atoms with van der Waals surface area (Å²) in [6.07, 6.45) is 2.67. The highest BCUT2D eigenvalue weighted by molar-refractivity contribution is 7.16. The number of para-hydroxylation sites is 2. The molecular formula is C14H11N3O2S. The van der Waals surface area contributed by atoms with Gasteiger partial charge < -0.3 is 10.1 Å². The number of nitrogens with zero attached hydrogens (tertiary/aromatic N) is 2. The van der Waals surface area contributed by atoms with Gasteiger partial charge in [-0.25, -0.2) is 14.8 Å². The van der Waals surface area contributed by atoms with E-state index in [-0.39, 0.29) is 0 Å². The molecule has 0 atom stereocenters. The SMILES string of the molecule is Cc1nc(-c2nc3ccccc3[nH]2)sc1/C=C/C(=O)O. The number of aromatic nitrogens is 3. The first-order valence-electron chi connectivity index (χ1n) is 5.97. The van der Waals surface area contributed by atoms with Crippen molar-refractivity contribution >= 4 is 34.4 Å². The quantitative estimate of drug-likeness (QED) is 0.725. The van der Waals surface area contributed by atoms with E-state index >= 15 is 0 Å². The fourth-order valence-corrected chi connectivity index (χ4v) is 2.78. The number of fused-ring (bicyclic) bond motifs is 1. The van der Waals surface area contributed by atoms with Crippen molar-refractivity contribution in [1.29, 1.82) is 0 Å². The Morgan fingerprint density at radius 1 is 1.35 bits per heavy atom. The number of benzene rings is 1. The van der Waals surface area contributed by atoms with Crippen LogP contribution in [-0.2, 0) is 4.79 Å². The normalized spacial score (nSPS) is 11.4. The van der Waals surface area contributed by atoms with E-state index in [4.69, 9.17) is 5.11 Å². The summed E-state index contributed by atoms with van der Waals surface area (Å²) >= 11 is 1.41. The maximum Gasteiger partial charge on any atom is 0.328 e. The maximum absolute atomic E-state index is 10.6. The maximum atomic E-state index is 10.6. The minimum absolute atomic E-state index is 0.703. The highest BCUT2D eigenvalue weighted by Gasteiger charge is 2.11. The van der Waals surface area contributed by atoms with Crippen LogP contribution in [0.4, 0.5) is 0 Å². The van der Waals surface area contributed by atoms with Crippen molar-refractivity contribution in [3.63, 3.8) is 0 Å². The van der Waals surface area contributed by atoms with Gasteiger partial charge in [-0.1, -0.05) is 12.1 Å². The molecule has 1 aromatic carbocycles. The fourth-order valence-electron chi connectivity index (χ4n) is 1.87. The molecule has 100 valence electrons. The smallest absolute Gasteiger partial charge is 0.328 e. The predicted molar refractivity (Wildman–Crippen MR) is 78.6 cm³/mol. The molecule has 2 N–H and O–H groups in total. The second-order valence-corrected chi connectivity index (χ2v) is 5.27. The van der Waals surface area contributed by atoms with Gasteiger partial charge >= 0.3 is 5.97 Å². The summed E-state index contributed by atoms with van der Waals surface area (Å²) in [6.45, 7) is 1.85. The molecule has 0 aliphatic carbocycles. The van der Waals surface area contributed by atoms with Gasteiger partial charge in [-0.3, -0.25) is 0 Å². The van der Waals surface area contributed by atoms with Crippen LogP contribution in [0.2, 0.25) is 0 Å². The predicted octanol–water partition coefficient (Wildman–Crippen LogP) is 3.09. The van der Waals surface area contributed by atoms with E-state index in [1.807, 2.05) is 31.2 Å². The van der Waals surface area contributed by atoms with Gasteiger partial charge in [-0.15, -0.1) is 11.3 Å². The number of H-pyrrole nitrogens is 1. The molecule has 5 nitrogen and oxygen atoms in total. The third-order valence-corrected chi connectivity index (χ3v) is 3.93. The number of aryl methyl sites for hydroxylation is 1. The van der Waals surface area contributed by atoms with Gasteiger partial charge in [0.25, 0.3) is 0 Å². The van der Waals surface area contributed by atoms with E-state index in [9.17, 15) is 4.79 Å². The molecule has 3 aromatic rings. The summed E-state index contributed by atoms with van der Waals surface area (Å²) in [5, 5.41) is 9.42. The topological polar surface area (TPSA) is 78.9 Å². The van der Waals surface area contributed by atoms with Gasteiger partial charge in [-0.05, 0) is 25.1 Å². The molecular weight excluding hydrogens is 274 g/mol. The molecule has 0 amide bonds. The summed E-state index contributed by atoms with van der Waals surface area (Å²) in [7, 11) is 0. The van der Waals surface area contributed by atoms with Crippen molar-refractivity contribution in [2.45, 2.75) is 6.92 Å². The standard InChI is InChI=1S/C14H11N3O2S/c1-8-11(6-7-12(18)19)20-14(15-8)13-16-9-4-2-3-5-10(9)17-13/h2-7H,1H3,(H,16,17)(H,18,19)/b7-6+. The van der Waals surface area contributed by atoms with Crippen LogP contribution in [0, 0.1) is 6.92 Å². The van der Waals surface area contributed by atoms with Crippen LogP contribution in [0.3, 0.4) is 0 Å². The molecule has 0 unspecified atom stereocenters. The van der Waals surface area contributed by atoms with Crippen molar-refractivity contribution in [2.24, 2.45) is 0 Å². The zero-order valence-electron chi connectivity index (χ0n) is 10.6. The molecule has 0 radical (unpaired) electrons. The van der Waals surface area contributed by atoms with Crippen LogP contribution in [-0.4, -0.2) is 26.0 Å². The number of aromatic amines is 1. The number of hydrogen-bond acceptors (Lipinski definition) is 4. The van der Waals surface area contributed by atoms with Gasteiger partial charge in [0.05, 0.1) is 21.6 Å². The second-order valence-electron chi connectivity index (χ2n) is 4.24. The number of nitrogens with one attached hydrogen (secondary N) is 1. The van der Waals surface area contributed by atoms with Gasteiger partial charge in [0.1, 0.15) is 0 Å². The Bertz CT molecular complexity index is 784. The second kappa shape index (κ2) is 4.90. The van der Waals surface area contributed by atoms with Crippen molar-refractivity contribution in [3.05, 3.63) is 40.9 Å². The highest BCUT2D eigenvalue weighted by Crippen LogP contribution is 2.28. The van der Waals surface area contributed by atoms with E-state index < -0.39 is 5.97 Å². The third-order valence-electron chi connectivity index (χ3n) is 2.80. The van der Waals surface area contributed by atoms with Crippen LogP contribution in [0.5, 0.6) is 0 Å². The molecule has 0 saturated heterocycles. The van der Waals surface area contributed by atoms with Crippen LogP contribution in [0.15, 0.2) is 30.3 Å². The van der Waals surface area contributed by atoms with E-state index in [1.165, 1.54) is 11.3 Å². The summed E-state index contributed by atoms with van der Waals surface area (Å²) < 4.78 is 0. The molecule has 0 fully saturated rings. The summed E-state index contributed by atoms with van der Waals surface area (Å²) in [5.41, 5.74) is 2.64. The average Bonchev–Trinajstić information content (AvgIpc) is 2.99. The minimum atomic E-state index is -0.969. The highest BCUT2D eigenvalue weighted by atomic mass is 32.1. The lowest BCUT2D eigenvalue weighted by atomic mass is 10.3. The van der Waals surface area contributed by atoms with Crippen molar-refractivity contribution in [3.8, 4) is 10.8 Å². The van der Waals surface area contributed by atoms with E-state index in [2.05, 4.69) is 15.0 Å². The molecule has 0 aliphatic heterocycles. The van der Waals surface area contributed by atoms with Gasteiger partial charge in [-0.2, -0.15) is 0 Å². The lowest BCUT2D eigenvalue weighted by molar-refractivity contribution is -0.131. The minimum Gasteiger partial charge on any atom is -0.478 e. The van der Waals surface area contributed by atoms with E-state index in [0.717, 1.165) is 32.7 Å². The molecule has 20 heavy (non-hydrogen) atoms. The monoisotopic (exact) mass is 285 g/mol. The number of imidazole rings is 1. The number of aliphatic carboxylic acids is 1. The summed E-state index contributed by atoms with van der Waals surface area (Å²) in [4.78, 5) is 23.5. The molecule has 3 rings (SSSR count). The number of hydrogen-bond donors (Lipinski definition) is 2. The van der Waals surface area contributed by atoms with Crippen LogP contribution in [0.25, 0.3) is 27.9 Å². The first kappa shape index (κ1) is 12.6. The largest absolute Gasteiger partial charge is 0.478 e. The number of rotatable bonds is 3. The van der Waals surface area contributed by atoms with Crippen molar-refractivity contribution in [2.75, 3.05) is 0 Å². The van der Waals surface area contributed by atoms with Gasteiger partial charge in [0.15, 0.2) is 10.8 Å². The number of carbonyl (C=O) groups is 1. The van der Waals surface area contributed by atoms with Gasteiger partial charge in [0.2, 0.25) is 0 Å².